The van der Waals surface area contributed by atoms with Gasteiger partial charge in [0.1, 0.15) is 0 Å². The largest absolute Gasteiger partial charge is 0.293 e. The molecule has 5 aromatic carbocycles. The Morgan fingerprint density at radius 1 is 0.425 bits per heavy atom. The molecule has 0 saturated heterocycles. The van der Waals surface area contributed by atoms with Crippen LogP contribution in [0.4, 0.5) is 0 Å². The van der Waals surface area contributed by atoms with E-state index in [-0.39, 0.29) is 0 Å². The Labute approximate surface area is 228 Å². The van der Waals surface area contributed by atoms with Gasteiger partial charge in [-0.2, -0.15) is 4.98 Å². The molecule has 0 radical (unpaired) electrons. The summed E-state index contributed by atoms with van der Waals surface area (Å²) < 4.78 is 4.40. The number of hydrogen-bond donors (Lipinski definition) is 0. The van der Waals surface area contributed by atoms with E-state index < -0.39 is 0 Å². The lowest BCUT2D eigenvalue weighted by Crippen LogP contribution is -2.09. The van der Waals surface area contributed by atoms with Gasteiger partial charge in [-0.15, -0.1) is 0 Å². The minimum Gasteiger partial charge on any atom is -0.293 e. The van der Waals surface area contributed by atoms with Crippen LogP contribution in [0.15, 0.2) is 128 Å². The maximum absolute atomic E-state index is 5.33. The third-order valence-corrected chi connectivity index (χ3v) is 7.94. The molecule has 0 atom stereocenters. The fraction of sp³-hybridized carbons (Fsp3) is 0. The van der Waals surface area contributed by atoms with Gasteiger partial charge in [0.05, 0.1) is 33.3 Å². The van der Waals surface area contributed by atoms with Crippen LogP contribution in [0.5, 0.6) is 0 Å². The Bertz CT molecular complexity index is 2340. The fourth-order valence-electron chi connectivity index (χ4n) is 6.17. The third kappa shape index (κ3) is 2.89. The van der Waals surface area contributed by atoms with Crippen molar-refractivity contribution < 1.29 is 0 Å². The van der Waals surface area contributed by atoms with Crippen molar-refractivity contribution in [1.29, 1.82) is 0 Å². The summed E-state index contributed by atoms with van der Waals surface area (Å²) >= 11 is 0. The molecule has 40 heavy (non-hydrogen) atoms. The van der Waals surface area contributed by atoms with Crippen LogP contribution in [0.2, 0.25) is 0 Å². The summed E-state index contributed by atoms with van der Waals surface area (Å²) in [6.07, 6.45) is 2.15. The second-order valence-electron chi connectivity index (χ2n) is 10.1. The Hall–Kier alpha value is -5.55. The average Bonchev–Trinajstić information content (AvgIpc) is 3.56. The Kier molecular flexibility index (Phi) is 4.27. The molecule has 5 nitrogen and oxygen atoms in total. The first-order valence-electron chi connectivity index (χ1n) is 13.4. The van der Waals surface area contributed by atoms with E-state index in [1.165, 1.54) is 10.8 Å². The number of benzene rings is 5. The molecule has 5 heteroatoms. The van der Waals surface area contributed by atoms with Crippen LogP contribution in [0, 0.1) is 0 Å². The molecule has 0 fully saturated rings. The SMILES string of the molecule is c1ccc2c3cn(-c4nc(-n5c6ccccc6c6ccccc65)c5ccccc5n4)c4ccccc4c-3nc2c1. The van der Waals surface area contributed by atoms with Crippen LogP contribution >= 0.6 is 0 Å². The fourth-order valence-corrected chi connectivity index (χ4v) is 6.17. The van der Waals surface area contributed by atoms with Gasteiger partial charge in [-0.1, -0.05) is 84.9 Å². The van der Waals surface area contributed by atoms with Crippen LogP contribution in [-0.4, -0.2) is 24.1 Å². The van der Waals surface area contributed by atoms with Gasteiger partial charge in [0, 0.05) is 38.7 Å². The lowest BCUT2D eigenvalue weighted by molar-refractivity contribution is 0.944. The van der Waals surface area contributed by atoms with Gasteiger partial charge in [0.15, 0.2) is 5.82 Å². The van der Waals surface area contributed by atoms with E-state index in [1.807, 2.05) is 12.1 Å². The van der Waals surface area contributed by atoms with Crippen molar-refractivity contribution >= 4 is 54.5 Å². The van der Waals surface area contributed by atoms with Crippen molar-refractivity contribution in [2.75, 3.05) is 0 Å². The minimum absolute atomic E-state index is 0.624. The number of rotatable bonds is 2. The van der Waals surface area contributed by atoms with E-state index in [1.54, 1.807) is 0 Å². The molecule has 9 rings (SSSR count). The summed E-state index contributed by atoms with van der Waals surface area (Å²) in [6.45, 7) is 0. The standard InChI is InChI=1S/C35H21N5/c1-6-16-28-22(11-1)27-21-39(30-18-8-5-15-26(30)33(27)36-28)35-37-29-17-7-2-14-25(29)34(38-35)40-31-19-9-3-12-23(31)24-13-4-10-20-32(24)40/h1-21H. The smallest absolute Gasteiger partial charge is 0.236 e. The van der Waals surface area contributed by atoms with Crippen LogP contribution < -0.4 is 0 Å². The van der Waals surface area contributed by atoms with Gasteiger partial charge in [-0.05, 0) is 36.4 Å². The summed E-state index contributed by atoms with van der Waals surface area (Å²) in [5, 5.41) is 5.61. The van der Waals surface area contributed by atoms with E-state index in [2.05, 4.69) is 125 Å². The Morgan fingerprint density at radius 2 is 0.950 bits per heavy atom. The molecular weight excluding hydrogens is 490 g/mol. The predicted octanol–water partition coefficient (Wildman–Crippen LogP) is 8.32. The Morgan fingerprint density at radius 3 is 1.65 bits per heavy atom. The van der Waals surface area contributed by atoms with Crippen molar-refractivity contribution in [3.8, 4) is 23.0 Å². The van der Waals surface area contributed by atoms with E-state index in [0.717, 1.165) is 60.8 Å². The first-order chi connectivity index (χ1) is 19.8. The maximum atomic E-state index is 5.33. The quantitative estimate of drug-likeness (QED) is 0.234. The van der Waals surface area contributed by atoms with Crippen LogP contribution in [0.1, 0.15) is 0 Å². The van der Waals surface area contributed by atoms with Gasteiger partial charge < -0.3 is 0 Å². The monoisotopic (exact) mass is 511 g/mol. The number of fused-ring (bicyclic) bond motifs is 9. The topological polar surface area (TPSA) is 48.5 Å². The zero-order valence-electron chi connectivity index (χ0n) is 21.4. The molecule has 0 bridgehead atoms. The highest BCUT2D eigenvalue weighted by Crippen LogP contribution is 2.38. The van der Waals surface area contributed by atoms with Crippen molar-refractivity contribution in [1.82, 2.24) is 24.1 Å². The van der Waals surface area contributed by atoms with Crippen molar-refractivity contribution in [3.05, 3.63) is 128 Å². The zero-order valence-corrected chi connectivity index (χ0v) is 21.4. The number of para-hydroxylation sites is 5. The molecular formula is C35H21N5. The predicted molar refractivity (Wildman–Crippen MR) is 163 cm³/mol. The Balaban J connectivity index is 1.43. The summed E-state index contributed by atoms with van der Waals surface area (Å²) in [5.41, 5.74) is 7.23. The third-order valence-electron chi connectivity index (χ3n) is 7.94. The first kappa shape index (κ1) is 21.4. The van der Waals surface area contributed by atoms with Crippen molar-refractivity contribution in [3.63, 3.8) is 0 Å². The molecule has 2 aromatic heterocycles. The van der Waals surface area contributed by atoms with Crippen molar-refractivity contribution in [2.24, 2.45) is 0 Å². The minimum atomic E-state index is 0.624. The van der Waals surface area contributed by atoms with Crippen LogP contribution in [-0.2, 0) is 0 Å². The molecule has 0 unspecified atom stereocenters. The molecule has 0 amide bonds. The van der Waals surface area contributed by atoms with Gasteiger partial charge in [-0.25, -0.2) is 9.97 Å². The lowest BCUT2D eigenvalue weighted by atomic mass is 10.1. The van der Waals surface area contributed by atoms with Crippen LogP contribution in [0.3, 0.4) is 0 Å². The molecule has 2 aliphatic heterocycles. The number of nitrogens with zero attached hydrogens (tertiary/aromatic N) is 5. The summed E-state index contributed by atoms with van der Waals surface area (Å²) in [6, 6.07) is 42.0. The molecule has 0 spiro atoms. The second-order valence-corrected chi connectivity index (χ2v) is 10.1. The number of hydrogen-bond acceptors (Lipinski definition) is 3. The molecule has 0 saturated carbocycles. The van der Waals surface area contributed by atoms with Gasteiger partial charge in [-0.3, -0.25) is 9.13 Å². The summed E-state index contributed by atoms with van der Waals surface area (Å²) in [5.74, 6) is 1.49. The first-order valence-corrected chi connectivity index (χ1v) is 13.4. The van der Waals surface area contributed by atoms with Gasteiger partial charge >= 0.3 is 0 Å². The molecule has 0 N–H and O–H groups in total. The summed E-state index contributed by atoms with van der Waals surface area (Å²) in [7, 11) is 0. The van der Waals surface area contributed by atoms with E-state index in [0.29, 0.717) is 5.95 Å². The maximum Gasteiger partial charge on any atom is 0.236 e. The highest BCUT2D eigenvalue weighted by molar-refractivity contribution is 6.10. The highest BCUT2D eigenvalue weighted by Gasteiger charge is 2.21. The molecule has 2 aliphatic rings. The van der Waals surface area contributed by atoms with Crippen molar-refractivity contribution in [2.45, 2.75) is 0 Å². The van der Waals surface area contributed by atoms with Crippen LogP contribution in [0.25, 0.3) is 77.5 Å². The van der Waals surface area contributed by atoms with Gasteiger partial charge in [0.2, 0.25) is 5.95 Å². The zero-order chi connectivity index (χ0) is 26.2. The summed E-state index contributed by atoms with van der Waals surface area (Å²) in [4.78, 5) is 15.4. The second kappa shape index (κ2) is 7.98. The molecule has 186 valence electrons. The van der Waals surface area contributed by atoms with E-state index >= 15 is 0 Å². The number of aromatic nitrogens is 5. The highest BCUT2D eigenvalue weighted by atomic mass is 15.2. The molecule has 0 aliphatic carbocycles. The average molecular weight is 512 g/mol. The normalized spacial score (nSPS) is 12.0. The van der Waals surface area contributed by atoms with E-state index in [4.69, 9.17) is 15.0 Å². The van der Waals surface area contributed by atoms with E-state index in [9.17, 15) is 0 Å². The lowest BCUT2D eigenvalue weighted by Gasteiger charge is -2.16. The molecule has 7 aromatic rings. The van der Waals surface area contributed by atoms with Gasteiger partial charge in [0.25, 0.3) is 0 Å². The number of pyridine rings is 1. The molecule has 4 heterocycles.